The molecule has 0 aliphatic carbocycles. The number of anilines is 3. The Balaban J connectivity index is 0.000000115. The van der Waals surface area contributed by atoms with Gasteiger partial charge in [0.25, 0.3) is 22.2 Å². The Morgan fingerprint density at radius 1 is 0.421 bits per heavy atom. The molecule has 0 spiro atoms. The molecular formula is C90H101N27O4. The molecule has 4 aliphatic rings. The minimum absolute atomic E-state index is 0.0970. The lowest BCUT2D eigenvalue weighted by molar-refractivity contribution is 0.234. The fraction of sp³-hybridized carbons (Fsp3) is 0.356. The molecule has 121 heavy (non-hydrogen) atoms. The molecule has 31 nitrogen and oxygen atoms in total. The van der Waals surface area contributed by atoms with E-state index in [9.17, 15) is 19.2 Å². The van der Waals surface area contributed by atoms with Crippen LogP contribution in [0.15, 0.2) is 160 Å². The highest BCUT2D eigenvalue weighted by atomic mass is 16.1. The average molecular weight is 1620 g/mol. The monoisotopic (exact) mass is 1620 g/mol. The maximum Gasteiger partial charge on any atom is 0.258 e. The first-order valence-corrected chi connectivity index (χ1v) is 41.5. The minimum Gasteiger partial charge on any atom is -0.368 e. The van der Waals surface area contributed by atoms with Crippen molar-refractivity contribution in [3.8, 4) is 45.4 Å². The van der Waals surface area contributed by atoms with Gasteiger partial charge in [0.2, 0.25) is 0 Å². The Morgan fingerprint density at radius 3 is 1.36 bits per heavy atom. The lowest BCUT2D eigenvalue weighted by Crippen LogP contribution is -2.50. The average Bonchev–Trinajstić information content (AvgIpc) is 1.76. The van der Waals surface area contributed by atoms with Gasteiger partial charge in [-0.05, 0) is 174 Å². The van der Waals surface area contributed by atoms with E-state index < -0.39 is 0 Å². The second-order valence-electron chi connectivity index (χ2n) is 32.5. The van der Waals surface area contributed by atoms with E-state index in [1.807, 2.05) is 165 Å². The second-order valence-corrected chi connectivity index (χ2v) is 32.5. The number of aryl methyl sites for hydroxylation is 10. The van der Waals surface area contributed by atoms with Crippen molar-refractivity contribution in [1.82, 2.24) is 116 Å². The predicted octanol–water partition coefficient (Wildman–Crippen LogP) is 9.82. The van der Waals surface area contributed by atoms with Gasteiger partial charge in [-0.1, -0.05) is 26.0 Å². The SMILES string of the molecule is CCN1CC=C(c2cn3c(=O)cc(-c4ccc5c(cnn5C)c4)nc3cn2)CC1.CCN1CCN(c2cc(C)c3nc(-c4cc5c(C)nc(C)cn5n4)cc(=O)n3c2)CC1.Cc1cn2nc(-c3cc(=O)n4cc(N5CCN(C)[C@H](C)C5)cc(C)c4n3)cc2c(C)n1.Cc1cn2nc(-c3cc(=O)n4cc(N5CCN[C@H](C)C5)cc(C)c4n3)cc2c(C)n1. The quantitative estimate of drug-likeness (QED) is 0.133. The van der Waals surface area contributed by atoms with Crippen LogP contribution in [0.2, 0.25) is 0 Å². The van der Waals surface area contributed by atoms with Crippen molar-refractivity contribution in [3.63, 3.8) is 0 Å². The third kappa shape index (κ3) is 16.3. The zero-order valence-electron chi connectivity index (χ0n) is 71.3. The summed E-state index contributed by atoms with van der Waals surface area (Å²) in [5.41, 5.74) is 24.7. The minimum atomic E-state index is -0.105. The largest absolute Gasteiger partial charge is 0.368 e. The molecule has 620 valence electrons. The van der Waals surface area contributed by atoms with Gasteiger partial charge in [0.1, 0.15) is 34.0 Å². The van der Waals surface area contributed by atoms with Crippen LogP contribution < -0.4 is 42.3 Å². The van der Waals surface area contributed by atoms with E-state index in [2.05, 4.69) is 139 Å². The molecule has 1 N–H and O–H groups in total. The summed E-state index contributed by atoms with van der Waals surface area (Å²) in [5, 5.41) is 22.7. The molecule has 19 heterocycles. The number of nitrogens with zero attached hydrogens (tertiary/aromatic N) is 26. The normalized spacial score (nSPS) is 16.4. The molecule has 20 rings (SSSR count). The summed E-state index contributed by atoms with van der Waals surface area (Å²) in [7, 11) is 4.06. The van der Waals surface area contributed by atoms with Crippen molar-refractivity contribution in [1.29, 1.82) is 0 Å². The van der Waals surface area contributed by atoms with Gasteiger partial charge in [0.05, 0.1) is 133 Å². The highest BCUT2D eigenvalue weighted by molar-refractivity contribution is 5.84. The third-order valence-electron chi connectivity index (χ3n) is 23.8. The van der Waals surface area contributed by atoms with Gasteiger partial charge in [-0.3, -0.25) is 66.3 Å². The molecule has 0 bridgehead atoms. The molecule has 0 saturated carbocycles. The molecule has 3 fully saturated rings. The number of piperazine rings is 3. The summed E-state index contributed by atoms with van der Waals surface area (Å²) >= 11 is 0. The lowest BCUT2D eigenvalue weighted by Gasteiger charge is -2.39. The van der Waals surface area contributed by atoms with Crippen LogP contribution in [-0.4, -0.2) is 222 Å². The van der Waals surface area contributed by atoms with Gasteiger partial charge < -0.3 is 29.8 Å². The molecule has 0 amide bonds. The van der Waals surface area contributed by atoms with Crippen LogP contribution in [0.1, 0.15) is 90.7 Å². The first kappa shape index (κ1) is 80.3. The Kier molecular flexibility index (Phi) is 21.8. The highest BCUT2D eigenvalue weighted by Crippen LogP contribution is 2.31. The number of fused-ring (bicyclic) bond motifs is 8. The highest BCUT2D eigenvalue weighted by Gasteiger charge is 2.26. The van der Waals surface area contributed by atoms with E-state index >= 15 is 0 Å². The van der Waals surface area contributed by atoms with Gasteiger partial charge in [0, 0.05) is 158 Å². The van der Waals surface area contributed by atoms with Crippen molar-refractivity contribution in [2.24, 2.45) is 7.05 Å². The van der Waals surface area contributed by atoms with E-state index in [0.717, 1.165) is 205 Å². The van der Waals surface area contributed by atoms with E-state index in [0.29, 0.717) is 74.5 Å². The van der Waals surface area contributed by atoms with Gasteiger partial charge >= 0.3 is 0 Å². The van der Waals surface area contributed by atoms with Crippen molar-refractivity contribution in [3.05, 3.63) is 239 Å². The fourth-order valence-electron chi connectivity index (χ4n) is 16.9. The number of hydrogen-bond donors (Lipinski definition) is 1. The number of nitrogens with one attached hydrogen (secondary N) is 1. The van der Waals surface area contributed by atoms with Crippen LogP contribution in [0.5, 0.6) is 0 Å². The van der Waals surface area contributed by atoms with E-state index in [1.165, 1.54) is 5.57 Å². The Labute approximate surface area is 698 Å². The van der Waals surface area contributed by atoms with Crippen LogP contribution in [0.25, 0.3) is 101 Å². The zero-order valence-corrected chi connectivity index (χ0v) is 71.3. The van der Waals surface area contributed by atoms with Crippen LogP contribution in [-0.2, 0) is 7.05 Å². The summed E-state index contributed by atoms with van der Waals surface area (Å²) in [5.74, 6) is 0. The number of hydrogen-bond acceptors (Lipinski definition) is 23. The molecule has 0 unspecified atom stereocenters. The van der Waals surface area contributed by atoms with E-state index in [1.54, 1.807) is 57.1 Å². The van der Waals surface area contributed by atoms with Crippen molar-refractivity contribution in [2.45, 2.75) is 109 Å². The maximum absolute atomic E-state index is 13.1. The lowest BCUT2D eigenvalue weighted by atomic mass is 10.1. The number of aromatic nitrogens is 20. The van der Waals surface area contributed by atoms with Gasteiger partial charge in [-0.2, -0.15) is 20.4 Å². The molecule has 1 aromatic carbocycles. The molecule has 0 radical (unpaired) electrons. The van der Waals surface area contributed by atoms with Gasteiger partial charge in [-0.25, -0.2) is 33.5 Å². The molecule has 2 atom stereocenters. The summed E-state index contributed by atoms with van der Waals surface area (Å²) in [6.45, 7) is 40.2. The number of pyridine rings is 3. The molecule has 16 aromatic rings. The molecule has 3 saturated heterocycles. The van der Waals surface area contributed by atoms with Crippen LogP contribution in [0.3, 0.4) is 0 Å². The van der Waals surface area contributed by atoms with Crippen LogP contribution in [0.4, 0.5) is 17.1 Å². The number of likely N-dealkylation sites (N-methyl/N-ethyl adjacent to an activating group) is 3. The summed E-state index contributed by atoms with van der Waals surface area (Å²) in [6, 6.07) is 25.4. The standard InChI is InChI=1S/2C23H27N7O.C22H25N7O.C22H22N6O/c1-14-8-18(28-7-6-27(5)16(3)12-28)13-29-22(31)10-19(25-23(14)29)20-9-21-17(4)24-15(2)11-30(21)26-20;1-5-27-6-8-28(9-7-27)18-10-15(2)23-25-19(12-22(31)29(23)14-18)20-11-21-17(4)24-16(3)13-30(21)26-20;1-13-7-17(27-6-5-23-14(2)10-27)12-28-21(30)9-18(25-22(13)28)19-8-20-16(4)24-15(3)11-29(20)26-19;1-3-27-8-6-15(7-9-27)19-14-28-21(13-23-19)25-18(11-22(28)29)16-4-5-20-17(10-16)12-24-26(20)2/h8-11,13,16H,6-7,12H2,1-5H3;10-14H,5-9H2,1-4H3;7-9,11-12,14,23H,5-6,10H2,1-4H3;4-6,10-14H,3,7-9H2,1-2H3/t16-;;14-;/m1.1./s1. The van der Waals surface area contributed by atoms with Gasteiger partial charge in [-0.15, -0.1) is 0 Å². The first-order chi connectivity index (χ1) is 58.2. The third-order valence-corrected chi connectivity index (χ3v) is 23.8. The maximum atomic E-state index is 13.1. The predicted molar refractivity (Wildman–Crippen MR) is 475 cm³/mol. The van der Waals surface area contributed by atoms with Crippen molar-refractivity contribution < 1.29 is 0 Å². The molecule has 31 heteroatoms. The van der Waals surface area contributed by atoms with E-state index in [-0.39, 0.29) is 22.2 Å². The second kappa shape index (κ2) is 32.9. The fourth-order valence-corrected chi connectivity index (χ4v) is 16.9. The van der Waals surface area contributed by atoms with Crippen molar-refractivity contribution in [2.75, 3.05) is 113 Å². The Hall–Kier alpha value is -13.1. The van der Waals surface area contributed by atoms with Crippen molar-refractivity contribution >= 4 is 72.7 Å². The summed E-state index contributed by atoms with van der Waals surface area (Å²) < 4.78 is 13.8. The molecular weight excluding hydrogens is 1520 g/mol. The number of benzene rings is 1. The Morgan fingerprint density at radius 2 is 0.893 bits per heavy atom. The zero-order chi connectivity index (χ0) is 84.5. The summed E-state index contributed by atoms with van der Waals surface area (Å²) in [4.78, 5) is 103. The van der Waals surface area contributed by atoms with E-state index in [4.69, 9.17) is 15.0 Å². The first-order valence-electron chi connectivity index (χ1n) is 41.5. The van der Waals surface area contributed by atoms with Gasteiger partial charge in [0.15, 0.2) is 5.65 Å². The summed E-state index contributed by atoms with van der Waals surface area (Å²) in [6.07, 6.45) is 19.9. The number of rotatable bonds is 10. The van der Waals surface area contributed by atoms with Crippen LogP contribution in [0, 0.1) is 62.3 Å². The molecule has 15 aromatic heterocycles. The topological polar surface area (TPSA) is 290 Å². The van der Waals surface area contributed by atoms with Crippen LogP contribution >= 0.6 is 0 Å². The molecule has 4 aliphatic heterocycles. The smallest absolute Gasteiger partial charge is 0.258 e. The Bertz CT molecular complexity index is 7030.